The maximum absolute atomic E-state index is 3.91. The highest BCUT2D eigenvalue weighted by Gasteiger charge is 2.01. The van der Waals surface area contributed by atoms with Gasteiger partial charge in [0.05, 0.1) is 0 Å². The summed E-state index contributed by atoms with van der Waals surface area (Å²) in [4.78, 5) is 0. The molecule has 2 aliphatic carbocycles. The molecule has 0 N–H and O–H groups in total. The minimum atomic E-state index is 1.29. The second-order valence-electron chi connectivity index (χ2n) is 4.27. The maximum Gasteiger partial charge on any atom is -0.0323 e. The molecule has 2 fully saturated rings. The molecule has 0 bridgehead atoms. The Morgan fingerprint density at radius 1 is 0.529 bits per heavy atom. The second-order valence-corrected chi connectivity index (χ2v) is 4.27. The van der Waals surface area contributed by atoms with Crippen LogP contribution in [0.3, 0.4) is 0 Å². The van der Waals surface area contributed by atoms with Crippen molar-refractivity contribution in [3.8, 4) is 0 Å². The lowest BCUT2D eigenvalue weighted by molar-refractivity contribution is 0.601. The highest BCUT2D eigenvalue weighted by molar-refractivity contribution is 4.98. The zero-order valence-electron chi connectivity index (χ0n) is 12.8. The summed E-state index contributed by atoms with van der Waals surface area (Å²) in [5.74, 6) is 0. The van der Waals surface area contributed by atoms with E-state index in [0.717, 1.165) is 0 Å². The minimum Gasteiger partial charge on any atom is -0.0999 e. The van der Waals surface area contributed by atoms with Crippen molar-refractivity contribution in [2.45, 2.75) is 85.5 Å². The van der Waals surface area contributed by atoms with Gasteiger partial charge in [-0.15, -0.1) is 0 Å². The molecular weight excluding hydrogens is 204 g/mol. The first-order chi connectivity index (χ1) is 8.29. The summed E-state index contributed by atoms with van der Waals surface area (Å²) >= 11 is 0. The fourth-order valence-corrected chi connectivity index (χ4v) is 1.93. The molecule has 2 aliphatic rings. The van der Waals surface area contributed by atoms with Gasteiger partial charge in [-0.2, -0.15) is 0 Å². The van der Waals surface area contributed by atoms with E-state index in [-0.39, 0.29) is 0 Å². The molecule has 17 heavy (non-hydrogen) atoms. The van der Waals surface area contributed by atoms with Crippen molar-refractivity contribution in [3.63, 3.8) is 0 Å². The minimum absolute atomic E-state index is 1.29. The van der Waals surface area contributed by atoms with E-state index in [1.54, 1.807) is 0 Å². The van der Waals surface area contributed by atoms with Gasteiger partial charge >= 0.3 is 0 Å². The highest BCUT2D eigenvalue weighted by atomic mass is 14.1. The van der Waals surface area contributed by atoms with Crippen molar-refractivity contribution < 1.29 is 0 Å². The average Bonchev–Trinajstić information content (AvgIpc) is 2.87. The van der Waals surface area contributed by atoms with Crippen LogP contribution in [0.1, 0.15) is 85.5 Å². The van der Waals surface area contributed by atoms with Gasteiger partial charge in [0.2, 0.25) is 0 Å². The van der Waals surface area contributed by atoms with Crippen molar-refractivity contribution >= 4 is 0 Å². The van der Waals surface area contributed by atoms with Crippen LogP contribution >= 0.6 is 0 Å². The van der Waals surface area contributed by atoms with Gasteiger partial charge in [-0.1, -0.05) is 58.4 Å². The second kappa shape index (κ2) is 15.5. The van der Waals surface area contributed by atoms with E-state index in [9.17, 15) is 0 Å². The molecule has 0 aromatic heterocycles. The molecular formula is C17H34. The third kappa shape index (κ3) is 13.4. The molecule has 0 nitrogen and oxygen atoms in total. The monoisotopic (exact) mass is 238 g/mol. The standard InChI is InChI=1S/C7H12.C6H10.2C2H6/c1-7-5-3-2-4-6-7;1-6-4-2-3-5-6;2*1-2/h1-6H2;1-5H2;2*1-2H3. The van der Waals surface area contributed by atoms with Gasteiger partial charge < -0.3 is 0 Å². The van der Waals surface area contributed by atoms with Crippen LogP contribution < -0.4 is 0 Å². The van der Waals surface area contributed by atoms with Gasteiger partial charge in [0, 0.05) is 0 Å². The first kappa shape index (κ1) is 18.8. The normalized spacial score (nSPS) is 17.9. The molecule has 0 unspecified atom stereocenters. The largest absolute Gasteiger partial charge is 0.0999 e. The van der Waals surface area contributed by atoms with Crippen LogP contribution in [0.2, 0.25) is 0 Å². The number of hydrogen-bond donors (Lipinski definition) is 0. The molecule has 0 atom stereocenters. The third-order valence-corrected chi connectivity index (χ3v) is 2.87. The predicted octanol–water partition coefficient (Wildman–Crippen LogP) is 6.68. The fourth-order valence-electron chi connectivity index (χ4n) is 1.93. The maximum atomic E-state index is 3.91. The molecule has 0 saturated heterocycles. The van der Waals surface area contributed by atoms with E-state index in [1.165, 1.54) is 68.9 Å². The van der Waals surface area contributed by atoms with Gasteiger partial charge in [0.25, 0.3) is 0 Å². The van der Waals surface area contributed by atoms with E-state index >= 15 is 0 Å². The zero-order chi connectivity index (χ0) is 13.5. The molecule has 2 rings (SSSR count). The lowest BCUT2D eigenvalue weighted by Crippen LogP contribution is -1.90. The Morgan fingerprint density at radius 3 is 0.882 bits per heavy atom. The van der Waals surface area contributed by atoms with Crippen molar-refractivity contribution in [2.24, 2.45) is 0 Å². The Bertz CT molecular complexity index is 160. The quantitative estimate of drug-likeness (QED) is 0.413. The molecule has 0 amide bonds. The SMILES string of the molecule is C=C1CCCC1.C=C1CCCCC1.CC.CC. The van der Waals surface area contributed by atoms with Crippen molar-refractivity contribution in [2.75, 3.05) is 0 Å². The van der Waals surface area contributed by atoms with Crippen LogP contribution in [0.5, 0.6) is 0 Å². The van der Waals surface area contributed by atoms with Crippen LogP contribution in [-0.2, 0) is 0 Å². The topological polar surface area (TPSA) is 0 Å². The summed E-state index contributed by atoms with van der Waals surface area (Å²) in [6, 6.07) is 0. The molecule has 0 spiro atoms. The van der Waals surface area contributed by atoms with Gasteiger partial charge in [0.1, 0.15) is 0 Å². The third-order valence-electron chi connectivity index (χ3n) is 2.87. The van der Waals surface area contributed by atoms with E-state index in [1.807, 2.05) is 27.7 Å². The smallest absolute Gasteiger partial charge is 0.0323 e. The zero-order valence-corrected chi connectivity index (χ0v) is 12.8. The summed E-state index contributed by atoms with van der Waals surface area (Å²) in [7, 11) is 0. The van der Waals surface area contributed by atoms with Crippen LogP contribution in [0, 0.1) is 0 Å². The Morgan fingerprint density at radius 2 is 0.765 bits per heavy atom. The number of hydrogen-bond acceptors (Lipinski definition) is 0. The van der Waals surface area contributed by atoms with Crippen LogP contribution in [-0.4, -0.2) is 0 Å². The lowest BCUT2D eigenvalue weighted by Gasteiger charge is -2.10. The van der Waals surface area contributed by atoms with Gasteiger partial charge in [0.15, 0.2) is 0 Å². The van der Waals surface area contributed by atoms with E-state index < -0.39 is 0 Å². The first-order valence-electron chi connectivity index (χ1n) is 7.62. The summed E-state index contributed by atoms with van der Waals surface area (Å²) in [5.41, 5.74) is 2.92. The number of allylic oxidation sites excluding steroid dienone is 2. The van der Waals surface area contributed by atoms with Crippen molar-refractivity contribution in [3.05, 3.63) is 24.3 Å². The van der Waals surface area contributed by atoms with Gasteiger partial charge in [-0.3, -0.25) is 0 Å². The summed E-state index contributed by atoms with van der Waals surface area (Å²) < 4.78 is 0. The van der Waals surface area contributed by atoms with Gasteiger partial charge in [-0.05, 0) is 51.4 Å². The Hall–Kier alpha value is -0.520. The van der Waals surface area contributed by atoms with E-state index in [2.05, 4.69) is 13.2 Å². The Kier molecular flexibility index (Phi) is 17.2. The van der Waals surface area contributed by atoms with E-state index in [4.69, 9.17) is 0 Å². The highest BCUT2D eigenvalue weighted by Crippen LogP contribution is 2.21. The summed E-state index contributed by atoms with van der Waals surface area (Å²) in [6.45, 7) is 15.8. The molecule has 0 heterocycles. The first-order valence-corrected chi connectivity index (χ1v) is 7.62. The predicted molar refractivity (Wildman–Crippen MR) is 82.5 cm³/mol. The van der Waals surface area contributed by atoms with Crippen LogP contribution in [0.25, 0.3) is 0 Å². The average molecular weight is 238 g/mol. The molecule has 0 aliphatic heterocycles. The van der Waals surface area contributed by atoms with Crippen molar-refractivity contribution in [1.82, 2.24) is 0 Å². The van der Waals surface area contributed by atoms with Crippen LogP contribution in [0.4, 0.5) is 0 Å². The van der Waals surface area contributed by atoms with Crippen molar-refractivity contribution in [1.29, 1.82) is 0 Å². The Labute approximate surface area is 110 Å². The fraction of sp³-hybridized carbons (Fsp3) is 0.765. The molecule has 0 aromatic carbocycles. The molecule has 0 aromatic rings. The molecule has 2 saturated carbocycles. The molecule has 0 radical (unpaired) electrons. The molecule has 0 heteroatoms. The Balaban J connectivity index is 0. The van der Waals surface area contributed by atoms with Crippen LogP contribution in [0.15, 0.2) is 24.3 Å². The van der Waals surface area contributed by atoms with E-state index in [0.29, 0.717) is 0 Å². The summed E-state index contributed by atoms with van der Waals surface area (Å²) in [6.07, 6.45) is 12.1. The molecule has 102 valence electrons. The summed E-state index contributed by atoms with van der Waals surface area (Å²) in [5, 5.41) is 0. The van der Waals surface area contributed by atoms with Gasteiger partial charge in [-0.25, -0.2) is 0 Å². The number of rotatable bonds is 0. The lowest BCUT2D eigenvalue weighted by atomic mass is 9.97.